The maximum Gasteiger partial charge on any atom is 0.0706 e. The maximum atomic E-state index is 5.82. The summed E-state index contributed by atoms with van der Waals surface area (Å²) < 4.78 is 3.22. The van der Waals surface area contributed by atoms with Gasteiger partial charge in [0.05, 0.1) is 18.3 Å². The van der Waals surface area contributed by atoms with E-state index in [4.69, 9.17) is 5.73 Å². The van der Waals surface area contributed by atoms with Crippen molar-refractivity contribution >= 4 is 39.2 Å². The summed E-state index contributed by atoms with van der Waals surface area (Å²) >= 11 is 2.31. The van der Waals surface area contributed by atoms with Crippen molar-refractivity contribution in [2.24, 2.45) is 0 Å². The van der Waals surface area contributed by atoms with Crippen LogP contribution in [0.4, 0.5) is 5.69 Å². The molecular formula is C14H12IN3. The molecule has 4 heteroatoms. The van der Waals surface area contributed by atoms with Gasteiger partial charge in [-0.2, -0.15) is 5.10 Å². The van der Waals surface area contributed by atoms with Gasteiger partial charge in [-0.25, -0.2) is 0 Å². The Balaban J connectivity index is 1.99. The van der Waals surface area contributed by atoms with Gasteiger partial charge in [0, 0.05) is 14.6 Å². The highest BCUT2D eigenvalue weighted by Crippen LogP contribution is 2.18. The van der Waals surface area contributed by atoms with Gasteiger partial charge in [0.25, 0.3) is 0 Å². The summed E-state index contributed by atoms with van der Waals surface area (Å²) in [4.78, 5) is 0. The lowest BCUT2D eigenvalue weighted by Gasteiger charge is -2.04. The van der Waals surface area contributed by atoms with E-state index >= 15 is 0 Å². The minimum absolute atomic E-state index is 0.768. The molecule has 90 valence electrons. The first kappa shape index (κ1) is 11.5. The van der Waals surface area contributed by atoms with Crippen LogP contribution in [0.5, 0.6) is 0 Å². The number of halogens is 1. The molecule has 0 aliphatic heterocycles. The number of nitrogen functional groups attached to an aromatic ring is 1. The highest BCUT2D eigenvalue weighted by Gasteiger charge is 2.03. The lowest BCUT2D eigenvalue weighted by Crippen LogP contribution is -2.01. The zero-order valence-electron chi connectivity index (χ0n) is 9.68. The molecule has 3 aromatic rings. The minimum Gasteiger partial charge on any atom is -0.399 e. The fourth-order valence-corrected chi connectivity index (χ4v) is 2.34. The quantitative estimate of drug-likeness (QED) is 0.570. The van der Waals surface area contributed by atoms with Crippen LogP contribution in [0.25, 0.3) is 10.9 Å². The molecule has 0 atom stereocenters. The maximum absolute atomic E-state index is 5.82. The second-order valence-electron chi connectivity index (χ2n) is 4.25. The van der Waals surface area contributed by atoms with Crippen LogP contribution in [-0.2, 0) is 6.54 Å². The summed E-state index contributed by atoms with van der Waals surface area (Å²) in [5.74, 6) is 0. The summed E-state index contributed by atoms with van der Waals surface area (Å²) in [6.07, 6.45) is 1.88. The Kier molecular flexibility index (Phi) is 2.95. The van der Waals surface area contributed by atoms with Crippen LogP contribution in [0.15, 0.2) is 48.7 Å². The molecule has 0 aliphatic carbocycles. The first-order valence-electron chi connectivity index (χ1n) is 5.68. The third-order valence-electron chi connectivity index (χ3n) is 2.91. The van der Waals surface area contributed by atoms with Crippen LogP contribution < -0.4 is 5.73 Å². The topological polar surface area (TPSA) is 43.8 Å². The number of nitrogens with two attached hydrogens (primary N) is 1. The fraction of sp³-hybridized carbons (Fsp3) is 0.0714. The van der Waals surface area contributed by atoms with E-state index in [1.54, 1.807) is 0 Å². The lowest BCUT2D eigenvalue weighted by atomic mass is 10.2. The zero-order chi connectivity index (χ0) is 12.5. The Bertz CT molecular complexity index is 686. The molecule has 0 saturated carbocycles. The molecule has 3 nitrogen and oxygen atoms in total. The van der Waals surface area contributed by atoms with Crippen molar-refractivity contribution in [1.29, 1.82) is 0 Å². The first-order chi connectivity index (χ1) is 8.72. The molecule has 18 heavy (non-hydrogen) atoms. The van der Waals surface area contributed by atoms with Gasteiger partial charge in [-0.15, -0.1) is 0 Å². The van der Waals surface area contributed by atoms with Crippen LogP contribution in [0.1, 0.15) is 5.56 Å². The molecule has 0 radical (unpaired) electrons. The third-order valence-corrected chi connectivity index (χ3v) is 3.63. The number of benzene rings is 2. The summed E-state index contributed by atoms with van der Waals surface area (Å²) in [5.41, 5.74) is 8.91. The highest BCUT2D eigenvalue weighted by atomic mass is 127. The largest absolute Gasteiger partial charge is 0.399 e. The van der Waals surface area contributed by atoms with Gasteiger partial charge in [0.1, 0.15) is 0 Å². The van der Waals surface area contributed by atoms with Gasteiger partial charge >= 0.3 is 0 Å². The summed E-state index contributed by atoms with van der Waals surface area (Å²) in [6.45, 7) is 0.768. The molecule has 0 bridgehead atoms. The summed E-state index contributed by atoms with van der Waals surface area (Å²) in [7, 11) is 0. The smallest absolute Gasteiger partial charge is 0.0706 e. The number of fused-ring (bicyclic) bond motifs is 1. The molecule has 1 aromatic heterocycles. The standard InChI is InChI=1S/C14H12IN3/c15-12-4-1-10(2-5-12)9-18-14-7-13(16)6-3-11(14)8-17-18/h1-8H,9,16H2. The van der Waals surface area contributed by atoms with Gasteiger partial charge in [-0.1, -0.05) is 12.1 Å². The fourth-order valence-electron chi connectivity index (χ4n) is 1.98. The van der Waals surface area contributed by atoms with E-state index in [2.05, 4.69) is 52.0 Å². The van der Waals surface area contributed by atoms with Crippen molar-refractivity contribution in [3.8, 4) is 0 Å². The van der Waals surface area contributed by atoms with E-state index in [-0.39, 0.29) is 0 Å². The monoisotopic (exact) mass is 349 g/mol. The summed E-state index contributed by atoms with van der Waals surface area (Å²) in [5, 5.41) is 5.53. The van der Waals surface area contributed by atoms with Crippen molar-refractivity contribution in [2.45, 2.75) is 6.54 Å². The van der Waals surface area contributed by atoms with Gasteiger partial charge in [-0.3, -0.25) is 4.68 Å². The van der Waals surface area contributed by atoms with Crippen LogP contribution >= 0.6 is 22.6 Å². The Hall–Kier alpha value is -1.56. The van der Waals surface area contributed by atoms with Crippen molar-refractivity contribution in [2.75, 3.05) is 5.73 Å². The SMILES string of the molecule is Nc1ccc2cnn(Cc3ccc(I)cc3)c2c1. The van der Waals surface area contributed by atoms with Gasteiger partial charge in [-0.05, 0) is 58.5 Å². The van der Waals surface area contributed by atoms with E-state index in [1.165, 1.54) is 9.13 Å². The van der Waals surface area contributed by atoms with Gasteiger partial charge < -0.3 is 5.73 Å². The number of aromatic nitrogens is 2. The average Bonchev–Trinajstić information content (AvgIpc) is 2.75. The third kappa shape index (κ3) is 2.20. The molecule has 0 fully saturated rings. The van der Waals surface area contributed by atoms with Crippen molar-refractivity contribution in [3.63, 3.8) is 0 Å². The van der Waals surface area contributed by atoms with E-state index < -0.39 is 0 Å². The molecule has 0 saturated heterocycles. The van der Waals surface area contributed by atoms with Crippen LogP contribution in [0.2, 0.25) is 0 Å². The number of rotatable bonds is 2. The van der Waals surface area contributed by atoms with Crippen molar-refractivity contribution < 1.29 is 0 Å². The molecule has 2 aromatic carbocycles. The number of anilines is 1. The molecule has 0 aliphatic rings. The Morgan fingerprint density at radius 2 is 1.89 bits per heavy atom. The summed E-state index contributed by atoms with van der Waals surface area (Å²) in [6, 6.07) is 14.3. The molecule has 2 N–H and O–H groups in total. The lowest BCUT2D eigenvalue weighted by molar-refractivity contribution is 0.712. The average molecular weight is 349 g/mol. The van der Waals surface area contributed by atoms with E-state index in [0.717, 1.165) is 23.1 Å². The van der Waals surface area contributed by atoms with Crippen molar-refractivity contribution in [1.82, 2.24) is 9.78 Å². The Morgan fingerprint density at radius 1 is 1.11 bits per heavy atom. The Morgan fingerprint density at radius 3 is 2.67 bits per heavy atom. The number of hydrogen-bond acceptors (Lipinski definition) is 2. The van der Waals surface area contributed by atoms with Crippen molar-refractivity contribution in [3.05, 3.63) is 57.8 Å². The van der Waals surface area contributed by atoms with Gasteiger partial charge in [0.15, 0.2) is 0 Å². The molecule has 3 rings (SSSR count). The predicted octanol–water partition coefficient (Wildman–Crippen LogP) is 3.27. The van der Waals surface area contributed by atoms with Crippen LogP contribution in [0.3, 0.4) is 0 Å². The molecular weight excluding hydrogens is 337 g/mol. The number of nitrogens with zero attached hydrogens (tertiary/aromatic N) is 2. The number of hydrogen-bond donors (Lipinski definition) is 1. The highest BCUT2D eigenvalue weighted by molar-refractivity contribution is 14.1. The normalized spacial score (nSPS) is 10.9. The van der Waals surface area contributed by atoms with Crippen LogP contribution in [-0.4, -0.2) is 9.78 Å². The zero-order valence-corrected chi connectivity index (χ0v) is 11.8. The molecule has 0 unspecified atom stereocenters. The Labute approximate surface area is 119 Å². The molecule has 1 heterocycles. The second-order valence-corrected chi connectivity index (χ2v) is 5.49. The van der Waals surface area contributed by atoms with E-state index in [9.17, 15) is 0 Å². The van der Waals surface area contributed by atoms with E-state index in [1.807, 2.05) is 29.1 Å². The second kappa shape index (κ2) is 4.61. The first-order valence-corrected chi connectivity index (χ1v) is 6.76. The van der Waals surface area contributed by atoms with E-state index in [0.29, 0.717) is 0 Å². The molecule has 0 spiro atoms. The van der Waals surface area contributed by atoms with Crippen LogP contribution in [0, 0.1) is 3.57 Å². The van der Waals surface area contributed by atoms with Gasteiger partial charge in [0.2, 0.25) is 0 Å². The predicted molar refractivity (Wildman–Crippen MR) is 82.4 cm³/mol. The minimum atomic E-state index is 0.768. The molecule has 0 amide bonds.